The van der Waals surface area contributed by atoms with Crippen LogP contribution in [0.5, 0.6) is 0 Å². The van der Waals surface area contributed by atoms with E-state index in [9.17, 15) is 9.59 Å². The Balaban J connectivity index is 1.22. The third-order valence-corrected chi connectivity index (χ3v) is 8.78. The molecule has 0 bridgehead atoms. The van der Waals surface area contributed by atoms with Crippen LogP contribution >= 0.6 is 0 Å². The number of nitrogen functional groups attached to an aromatic ring is 1. The summed E-state index contributed by atoms with van der Waals surface area (Å²) in [7, 11) is 0. The molecule has 12 nitrogen and oxygen atoms in total. The minimum atomic E-state index is -0.572. The first-order valence-corrected chi connectivity index (χ1v) is 16.2. The summed E-state index contributed by atoms with van der Waals surface area (Å²) >= 11 is 0. The molecular formula is C36H40N8O4. The highest BCUT2D eigenvalue weighted by atomic mass is 16.5. The molecule has 0 saturated carbocycles. The first-order chi connectivity index (χ1) is 23.4. The Hall–Kier alpha value is -5.20. The molecule has 48 heavy (non-hydrogen) atoms. The Morgan fingerprint density at radius 2 is 1.73 bits per heavy atom. The highest BCUT2D eigenvalue weighted by molar-refractivity contribution is 6.08. The smallest absolute Gasteiger partial charge is 0.262 e. The van der Waals surface area contributed by atoms with Crippen molar-refractivity contribution in [1.82, 2.24) is 25.1 Å². The summed E-state index contributed by atoms with van der Waals surface area (Å²) in [6.45, 7) is 5.50. The van der Waals surface area contributed by atoms with Crippen LogP contribution < -0.4 is 21.8 Å². The van der Waals surface area contributed by atoms with Gasteiger partial charge in [-0.25, -0.2) is 4.98 Å². The quantitative estimate of drug-likeness (QED) is 0.178. The number of carbonyl (C=O) groups excluding carboxylic acids is 1. The summed E-state index contributed by atoms with van der Waals surface area (Å²) in [6, 6.07) is 13.1. The van der Waals surface area contributed by atoms with Crippen molar-refractivity contribution in [2.24, 2.45) is 5.92 Å². The minimum Gasteiger partial charge on any atom is -0.387 e. The highest BCUT2D eigenvalue weighted by Crippen LogP contribution is 2.27. The number of amides is 1. The minimum absolute atomic E-state index is 0.0208. The Labute approximate surface area is 278 Å². The second kappa shape index (κ2) is 15.1. The van der Waals surface area contributed by atoms with Crippen molar-refractivity contribution >= 4 is 29.3 Å². The maximum Gasteiger partial charge on any atom is 0.262 e. The largest absolute Gasteiger partial charge is 0.387 e. The molecule has 2 saturated heterocycles. The molecule has 1 aromatic carbocycles. The van der Waals surface area contributed by atoms with Crippen LogP contribution in [-0.4, -0.2) is 64.3 Å². The van der Waals surface area contributed by atoms with Gasteiger partial charge in [-0.15, -0.1) is 10.2 Å². The molecule has 2 aliphatic rings. The topological polar surface area (TPSA) is 170 Å². The van der Waals surface area contributed by atoms with Gasteiger partial charge in [0.15, 0.2) is 5.82 Å². The summed E-state index contributed by atoms with van der Waals surface area (Å²) in [4.78, 5) is 31.6. The van der Waals surface area contributed by atoms with Crippen molar-refractivity contribution in [3.05, 3.63) is 94.2 Å². The molecule has 12 heteroatoms. The fourth-order valence-corrected chi connectivity index (χ4v) is 5.91. The van der Waals surface area contributed by atoms with Crippen LogP contribution in [0.25, 0.3) is 28.0 Å². The van der Waals surface area contributed by atoms with Gasteiger partial charge in [0.1, 0.15) is 11.4 Å². The predicted molar refractivity (Wildman–Crippen MR) is 186 cm³/mol. The highest BCUT2D eigenvalue weighted by Gasteiger charge is 2.20. The molecule has 0 atom stereocenters. The molecule has 0 aliphatic carbocycles. The molecular weight excluding hydrogens is 608 g/mol. The fourth-order valence-electron chi connectivity index (χ4n) is 5.91. The number of hydrogen-bond donors (Lipinski definition) is 4. The number of aromatic nitrogens is 4. The molecule has 5 N–H and O–H groups in total. The second-order valence-electron chi connectivity index (χ2n) is 12.2. The molecule has 3 aromatic heterocycles. The lowest BCUT2D eigenvalue weighted by Crippen LogP contribution is -2.31. The van der Waals surface area contributed by atoms with Crippen LogP contribution in [0, 0.1) is 18.3 Å². The number of rotatable bonds is 10. The van der Waals surface area contributed by atoms with E-state index in [0.717, 1.165) is 36.8 Å². The molecule has 6 rings (SSSR count). The second-order valence-corrected chi connectivity index (χ2v) is 12.2. The maximum absolute atomic E-state index is 13.7. The Kier molecular flexibility index (Phi) is 10.3. The number of carbonyl (C=O) groups is 1. The lowest BCUT2D eigenvalue weighted by atomic mass is 9.99. The number of anilines is 2. The Morgan fingerprint density at radius 3 is 2.42 bits per heavy atom. The van der Waals surface area contributed by atoms with E-state index >= 15 is 0 Å². The van der Waals surface area contributed by atoms with Gasteiger partial charge in [0.2, 0.25) is 5.43 Å². The molecule has 0 spiro atoms. The maximum atomic E-state index is 13.7. The SMILES string of the molecule is Cc1ccc(-c2cn(CC3CCOCC3)cc(C(=O)Nc3ccc(-c4cc(/C(C=N)=C/NC5CCOCC5)cnc4N)nn3)c2=O)cc1. The molecule has 5 heterocycles. The monoisotopic (exact) mass is 648 g/mol. The number of benzene rings is 1. The van der Waals surface area contributed by atoms with Gasteiger partial charge >= 0.3 is 0 Å². The third-order valence-electron chi connectivity index (χ3n) is 8.78. The van der Waals surface area contributed by atoms with E-state index in [1.54, 1.807) is 24.5 Å². The number of pyridine rings is 2. The normalized spacial score (nSPS) is 16.0. The number of nitrogens with one attached hydrogen (secondary N) is 3. The van der Waals surface area contributed by atoms with E-state index in [2.05, 4.69) is 25.8 Å². The van der Waals surface area contributed by atoms with Crippen molar-refractivity contribution in [3.63, 3.8) is 0 Å². The van der Waals surface area contributed by atoms with Crippen molar-refractivity contribution in [1.29, 1.82) is 5.41 Å². The summed E-state index contributed by atoms with van der Waals surface area (Å²) in [5.41, 5.74) is 10.5. The van der Waals surface area contributed by atoms with Crippen molar-refractivity contribution in [3.8, 4) is 22.4 Å². The zero-order valence-electron chi connectivity index (χ0n) is 26.9. The van der Waals surface area contributed by atoms with Crippen LogP contribution in [0.2, 0.25) is 0 Å². The van der Waals surface area contributed by atoms with E-state index < -0.39 is 5.91 Å². The summed E-state index contributed by atoms with van der Waals surface area (Å²) in [6.07, 6.45) is 11.8. The van der Waals surface area contributed by atoms with Crippen LogP contribution in [0.4, 0.5) is 11.6 Å². The summed E-state index contributed by atoms with van der Waals surface area (Å²) in [5, 5.41) is 22.6. The van der Waals surface area contributed by atoms with Crippen molar-refractivity contribution < 1.29 is 14.3 Å². The van der Waals surface area contributed by atoms with Gasteiger partial charge in [-0.3, -0.25) is 9.59 Å². The molecule has 248 valence electrons. The molecule has 4 aromatic rings. The van der Waals surface area contributed by atoms with E-state index in [1.807, 2.05) is 54.2 Å². The predicted octanol–water partition coefficient (Wildman–Crippen LogP) is 4.70. The van der Waals surface area contributed by atoms with Crippen LogP contribution in [0.1, 0.15) is 47.2 Å². The molecule has 2 aliphatic heterocycles. The van der Waals surface area contributed by atoms with Gasteiger partial charge in [0.05, 0.1) is 5.69 Å². The first kappa shape index (κ1) is 32.7. The van der Waals surface area contributed by atoms with Gasteiger partial charge in [-0.2, -0.15) is 0 Å². The number of nitrogens with zero attached hydrogens (tertiary/aromatic N) is 4. The average Bonchev–Trinajstić information content (AvgIpc) is 3.11. The number of allylic oxidation sites excluding steroid dienone is 1. The van der Waals surface area contributed by atoms with Gasteiger partial charge in [0, 0.05) is 92.3 Å². The Bertz CT molecular complexity index is 1840. The van der Waals surface area contributed by atoms with Gasteiger partial charge in [-0.05, 0) is 62.3 Å². The standard InChI is InChI=1S/C36H40N8O4/c1-23-2-4-25(5-3-23)30-21-44(20-24-8-12-47-13-9-24)22-31(34(30)45)36(46)41-33-7-6-32(42-43-33)29-16-26(18-40-35(29)38)27(17-37)19-39-28-10-14-48-15-11-28/h2-7,16-19,21-22,24,28,37,39H,8-15,20H2,1H3,(H2,38,40)(H,41,43,46)/b27-19+,37-17?. The third kappa shape index (κ3) is 7.84. The zero-order valence-corrected chi connectivity index (χ0v) is 26.9. The zero-order chi connectivity index (χ0) is 33.5. The number of nitrogens with two attached hydrogens (primary N) is 1. The summed E-state index contributed by atoms with van der Waals surface area (Å²) < 4.78 is 12.9. The lowest BCUT2D eigenvalue weighted by molar-refractivity contribution is 0.0612. The molecule has 0 unspecified atom stereocenters. The van der Waals surface area contributed by atoms with Crippen molar-refractivity contribution in [2.75, 3.05) is 37.5 Å². The molecule has 1 amide bonds. The van der Waals surface area contributed by atoms with E-state index in [0.29, 0.717) is 66.8 Å². The average molecular weight is 649 g/mol. The van der Waals surface area contributed by atoms with E-state index in [-0.39, 0.29) is 28.7 Å². The van der Waals surface area contributed by atoms with Crippen LogP contribution in [0.15, 0.2) is 72.0 Å². The fraction of sp³-hybridized carbons (Fsp3) is 0.333. The van der Waals surface area contributed by atoms with Crippen LogP contribution in [-0.2, 0) is 16.0 Å². The van der Waals surface area contributed by atoms with Gasteiger partial charge < -0.3 is 35.8 Å². The lowest BCUT2D eigenvalue weighted by Gasteiger charge is -2.23. The first-order valence-electron chi connectivity index (χ1n) is 16.2. The summed E-state index contributed by atoms with van der Waals surface area (Å²) in [5.74, 6) is 0.251. The van der Waals surface area contributed by atoms with Gasteiger partial charge in [0.25, 0.3) is 5.91 Å². The van der Waals surface area contributed by atoms with Crippen LogP contribution in [0.3, 0.4) is 0 Å². The van der Waals surface area contributed by atoms with Gasteiger partial charge in [-0.1, -0.05) is 29.8 Å². The van der Waals surface area contributed by atoms with E-state index in [4.69, 9.17) is 20.6 Å². The molecule has 0 radical (unpaired) electrons. The van der Waals surface area contributed by atoms with Crippen molar-refractivity contribution in [2.45, 2.75) is 45.2 Å². The molecule has 2 fully saturated rings. The number of aryl methyl sites for hydroxylation is 1. The Morgan fingerprint density at radius 1 is 1.00 bits per heavy atom. The van der Waals surface area contributed by atoms with E-state index in [1.165, 1.54) is 6.21 Å². The number of hydrogen-bond acceptors (Lipinski definition) is 10. The number of ether oxygens (including phenoxy) is 2.